The van der Waals surface area contributed by atoms with Crippen molar-refractivity contribution in [3.05, 3.63) is 23.9 Å². The molecule has 0 aliphatic carbocycles. The van der Waals surface area contributed by atoms with Crippen molar-refractivity contribution in [3.63, 3.8) is 0 Å². The number of anilines is 1. The Balaban J connectivity index is 1.66. The van der Waals surface area contributed by atoms with Gasteiger partial charge in [-0.1, -0.05) is 20.8 Å². The highest BCUT2D eigenvalue weighted by atomic mass is 16.2. The van der Waals surface area contributed by atoms with Crippen LogP contribution in [0, 0.1) is 11.3 Å². The lowest BCUT2D eigenvalue weighted by atomic mass is 9.84. The molecule has 0 saturated carbocycles. The number of aromatic nitrogens is 1. The SMILES string of the molecule is CC1CCN(C(=O)c2ccc(N3CCCC(C)(C)C3)nc2)CC1. The maximum absolute atomic E-state index is 12.6. The first-order chi connectivity index (χ1) is 10.9. The third kappa shape index (κ3) is 3.85. The van der Waals surface area contributed by atoms with Crippen molar-refractivity contribution in [2.45, 2.75) is 46.5 Å². The summed E-state index contributed by atoms with van der Waals surface area (Å²) in [6.07, 6.45) is 6.46. The van der Waals surface area contributed by atoms with Gasteiger partial charge in [0.25, 0.3) is 5.91 Å². The summed E-state index contributed by atoms with van der Waals surface area (Å²) < 4.78 is 0. The van der Waals surface area contributed by atoms with Gasteiger partial charge in [0.2, 0.25) is 0 Å². The number of rotatable bonds is 2. The molecule has 2 aliphatic rings. The molecule has 23 heavy (non-hydrogen) atoms. The molecule has 0 atom stereocenters. The van der Waals surface area contributed by atoms with Crippen LogP contribution in [0.2, 0.25) is 0 Å². The molecule has 1 amide bonds. The highest BCUT2D eigenvalue weighted by Crippen LogP contribution is 2.30. The Morgan fingerprint density at radius 2 is 1.96 bits per heavy atom. The third-order valence-corrected chi connectivity index (χ3v) is 5.29. The fraction of sp³-hybridized carbons (Fsp3) is 0.684. The zero-order chi connectivity index (χ0) is 16.4. The van der Waals surface area contributed by atoms with Crippen LogP contribution >= 0.6 is 0 Å². The van der Waals surface area contributed by atoms with Gasteiger partial charge < -0.3 is 9.80 Å². The Morgan fingerprint density at radius 3 is 2.57 bits per heavy atom. The molecule has 4 heteroatoms. The second kappa shape index (κ2) is 6.50. The van der Waals surface area contributed by atoms with E-state index in [1.165, 1.54) is 12.8 Å². The number of hydrogen-bond donors (Lipinski definition) is 0. The lowest BCUT2D eigenvalue weighted by molar-refractivity contribution is 0.0697. The van der Waals surface area contributed by atoms with Gasteiger partial charge in [-0.05, 0) is 49.1 Å². The average Bonchev–Trinajstić information content (AvgIpc) is 2.54. The maximum atomic E-state index is 12.6. The van der Waals surface area contributed by atoms with Crippen LogP contribution in [0.25, 0.3) is 0 Å². The molecule has 4 nitrogen and oxygen atoms in total. The zero-order valence-electron chi connectivity index (χ0n) is 14.7. The van der Waals surface area contributed by atoms with Crippen molar-refractivity contribution < 1.29 is 4.79 Å². The molecule has 3 heterocycles. The molecule has 126 valence electrons. The summed E-state index contributed by atoms with van der Waals surface area (Å²) in [6, 6.07) is 3.96. The highest BCUT2D eigenvalue weighted by molar-refractivity contribution is 5.94. The van der Waals surface area contributed by atoms with Crippen molar-refractivity contribution in [2.24, 2.45) is 11.3 Å². The molecule has 0 N–H and O–H groups in total. The van der Waals surface area contributed by atoms with Crippen LogP contribution in [0.4, 0.5) is 5.82 Å². The van der Waals surface area contributed by atoms with E-state index < -0.39 is 0 Å². The van der Waals surface area contributed by atoms with Gasteiger partial charge >= 0.3 is 0 Å². The van der Waals surface area contributed by atoms with E-state index in [4.69, 9.17) is 0 Å². The summed E-state index contributed by atoms with van der Waals surface area (Å²) in [6.45, 7) is 10.7. The normalized spacial score (nSPS) is 22.2. The topological polar surface area (TPSA) is 36.4 Å². The van der Waals surface area contributed by atoms with Gasteiger partial charge in [-0.2, -0.15) is 0 Å². The van der Waals surface area contributed by atoms with Crippen LogP contribution in [0.1, 0.15) is 56.8 Å². The molecular weight excluding hydrogens is 286 g/mol. The minimum absolute atomic E-state index is 0.134. The van der Waals surface area contributed by atoms with Crippen LogP contribution in [0.15, 0.2) is 18.3 Å². The number of amides is 1. The second-order valence-electron chi connectivity index (χ2n) is 8.07. The molecule has 3 rings (SSSR count). The summed E-state index contributed by atoms with van der Waals surface area (Å²) in [5.41, 5.74) is 1.07. The van der Waals surface area contributed by atoms with E-state index in [1.54, 1.807) is 6.20 Å². The van der Waals surface area contributed by atoms with Gasteiger partial charge in [0.05, 0.1) is 5.56 Å². The maximum Gasteiger partial charge on any atom is 0.255 e. The van der Waals surface area contributed by atoms with Gasteiger partial charge in [0.1, 0.15) is 5.82 Å². The average molecular weight is 315 g/mol. The Kier molecular flexibility index (Phi) is 4.60. The van der Waals surface area contributed by atoms with Crippen molar-refractivity contribution in [1.82, 2.24) is 9.88 Å². The molecule has 0 aromatic carbocycles. The predicted octanol–water partition coefficient (Wildman–Crippen LogP) is 3.58. The summed E-state index contributed by atoms with van der Waals surface area (Å²) in [4.78, 5) is 21.5. The number of piperidine rings is 2. The summed E-state index contributed by atoms with van der Waals surface area (Å²) >= 11 is 0. The smallest absolute Gasteiger partial charge is 0.255 e. The van der Waals surface area contributed by atoms with Crippen LogP contribution in [0.5, 0.6) is 0 Å². The number of carbonyl (C=O) groups is 1. The largest absolute Gasteiger partial charge is 0.356 e. The minimum Gasteiger partial charge on any atom is -0.356 e. The number of carbonyl (C=O) groups excluding carboxylic acids is 1. The summed E-state index contributed by atoms with van der Waals surface area (Å²) in [5.74, 6) is 1.87. The van der Waals surface area contributed by atoms with E-state index >= 15 is 0 Å². The van der Waals surface area contributed by atoms with Crippen LogP contribution in [-0.2, 0) is 0 Å². The van der Waals surface area contributed by atoms with E-state index in [2.05, 4.69) is 30.7 Å². The van der Waals surface area contributed by atoms with E-state index in [1.807, 2.05) is 17.0 Å². The molecule has 2 aliphatic heterocycles. The van der Waals surface area contributed by atoms with E-state index in [0.29, 0.717) is 5.41 Å². The number of nitrogens with zero attached hydrogens (tertiary/aromatic N) is 3. The van der Waals surface area contributed by atoms with Gasteiger partial charge in [-0.15, -0.1) is 0 Å². The Labute approximate surface area is 139 Å². The third-order valence-electron chi connectivity index (χ3n) is 5.29. The highest BCUT2D eigenvalue weighted by Gasteiger charge is 2.27. The van der Waals surface area contributed by atoms with Crippen molar-refractivity contribution in [1.29, 1.82) is 0 Å². The van der Waals surface area contributed by atoms with Gasteiger partial charge in [0.15, 0.2) is 0 Å². The van der Waals surface area contributed by atoms with Crippen LogP contribution < -0.4 is 4.90 Å². The summed E-state index contributed by atoms with van der Waals surface area (Å²) in [5, 5.41) is 0. The number of hydrogen-bond acceptors (Lipinski definition) is 3. The molecule has 2 saturated heterocycles. The van der Waals surface area contributed by atoms with E-state index in [9.17, 15) is 4.79 Å². The Morgan fingerprint density at radius 1 is 1.22 bits per heavy atom. The standard InChI is InChI=1S/C19H29N3O/c1-15-7-11-21(12-8-15)18(23)16-5-6-17(20-13-16)22-10-4-9-19(2,3)14-22/h5-6,13,15H,4,7-12,14H2,1-3H3. The lowest BCUT2D eigenvalue weighted by Gasteiger charge is -2.38. The number of likely N-dealkylation sites (tertiary alicyclic amines) is 1. The lowest BCUT2D eigenvalue weighted by Crippen LogP contribution is -2.40. The fourth-order valence-electron chi connectivity index (χ4n) is 3.71. The monoisotopic (exact) mass is 315 g/mol. The molecule has 0 bridgehead atoms. The first kappa shape index (κ1) is 16.3. The first-order valence-corrected chi connectivity index (χ1v) is 8.95. The van der Waals surface area contributed by atoms with Gasteiger partial charge in [0, 0.05) is 32.4 Å². The Hall–Kier alpha value is -1.58. The fourth-order valence-corrected chi connectivity index (χ4v) is 3.71. The molecule has 1 aromatic rings. The zero-order valence-corrected chi connectivity index (χ0v) is 14.7. The minimum atomic E-state index is 0.134. The first-order valence-electron chi connectivity index (χ1n) is 8.95. The molecule has 2 fully saturated rings. The number of pyridine rings is 1. The van der Waals surface area contributed by atoms with Gasteiger partial charge in [-0.25, -0.2) is 4.98 Å². The quantitative estimate of drug-likeness (QED) is 0.837. The second-order valence-corrected chi connectivity index (χ2v) is 8.07. The van der Waals surface area contributed by atoms with Crippen molar-refractivity contribution in [3.8, 4) is 0 Å². The van der Waals surface area contributed by atoms with Crippen LogP contribution in [0.3, 0.4) is 0 Å². The predicted molar refractivity (Wildman–Crippen MR) is 93.8 cm³/mol. The molecular formula is C19H29N3O. The van der Waals surface area contributed by atoms with Crippen molar-refractivity contribution >= 4 is 11.7 Å². The molecule has 0 radical (unpaired) electrons. The molecule has 1 aromatic heterocycles. The van der Waals surface area contributed by atoms with Crippen molar-refractivity contribution in [2.75, 3.05) is 31.1 Å². The molecule has 0 spiro atoms. The van der Waals surface area contributed by atoms with Crippen LogP contribution in [-0.4, -0.2) is 42.0 Å². The summed E-state index contributed by atoms with van der Waals surface area (Å²) in [7, 11) is 0. The Bertz CT molecular complexity index is 544. The van der Waals surface area contributed by atoms with E-state index in [0.717, 1.165) is 56.3 Å². The van der Waals surface area contributed by atoms with Gasteiger partial charge in [-0.3, -0.25) is 4.79 Å². The molecule has 0 unspecified atom stereocenters. The van der Waals surface area contributed by atoms with E-state index in [-0.39, 0.29) is 5.91 Å².